The number of nitrogens with one attached hydrogen (secondary N) is 1. The molecule has 1 atom stereocenters. The topological polar surface area (TPSA) is 49.4 Å². The molecule has 0 radical (unpaired) electrons. The van der Waals surface area contributed by atoms with Crippen LogP contribution < -0.4 is 9.62 Å². The molecule has 0 amide bonds. The minimum Gasteiger partial charge on any atom is -0.320 e. The fourth-order valence-electron chi connectivity index (χ4n) is 3.21. The van der Waals surface area contributed by atoms with Crippen molar-refractivity contribution in [1.82, 2.24) is 5.32 Å². The first kappa shape index (κ1) is 17.8. The molecule has 1 heterocycles. The third-order valence-corrected chi connectivity index (χ3v) is 6.56. The number of hydrogen-bond acceptors (Lipinski definition) is 3. The van der Waals surface area contributed by atoms with Crippen LogP contribution in [0.1, 0.15) is 18.4 Å². The van der Waals surface area contributed by atoms with Gasteiger partial charge < -0.3 is 5.32 Å². The monoisotopic (exact) mass is 366 g/mol. The highest BCUT2D eigenvalue weighted by atomic mass is 32.2. The maximum absolute atomic E-state index is 14.3. The van der Waals surface area contributed by atoms with Gasteiger partial charge in [0.15, 0.2) is 11.6 Å². The van der Waals surface area contributed by atoms with Crippen LogP contribution in [-0.4, -0.2) is 27.3 Å². The number of hydrogen-bond donors (Lipinski definition) is 1. The fraction of sp³-hybridized carbons (Fsp3) is 0.333. The molecule has 0 saturated carbocycles. The van der Waals surface area contributed by atoms with E-state index in [1.165, 1.54) is 6.07 Å². The van der Waals surface area contributed by atoms with E-state index in [1.807, 2.05) is 0 Å². The molecule has 1 aliphatic heterocycles. The summed E-state index contributed by atoms with van der Waals surface area (Å²) in [6.45, 7) is 0.682. The quantitative estimate of drug-likeness (QED) is 0.826. The molecule has 0 aliphatic carbocycles. The van der Waals surface area contributed by atoms with Crippen molar-refractivity contribution in [2.75, 3.05) is 17.9 Å². The molecule has 7 heteroatoms. The Morgan fingerprint density at radius 1 is 1.12 bits per heavy atom. The summed E-state index contributed by atoms with van der Waals surface area (Å²) in [7, 11) is -2.13. The van der Waals surface area contributed by atoms with Gasteiger partial charge in [0.25, 0.3) is 0 Å². The van der Waals surface area contributed by atoms with Crippen molar-refractivity contribution in [3.05, 3.63) is 59.7 Å². The van der Waals surface area contributed by atoms with Crippen molar-refractivity contribution in [1.29, 1.82) is 0 Å². The summed E-state index contributed by atoms with van der Waals surface area (Å²) in [5, 5.41) is 2.27. The summed E-state index contributed by atoms with van der Waals surface area (Å²) in [6.07, 6.45) is 1.43. The van der Waals surface area contributed by atoms with E-state index in [2.05, 4.69) is 5.32 Å². The van der Waals surface area contributed by atoms with E-state index in [0.717, 1.165) is 22.0 Å². The molecular formula is C18H20F2N2O2S. The molecule has 1 N–H and O–H groups in total. The summed E-state index contributed by atoms with van der Waals surface area (Å²) in [4.78, 5) is 0. The highest BCUT2D eigenvalue weighted by Crippen LogP contribution is 2.41. The lowest BCUT2D eigenvalue weighted by atomic mass is 10.0. The Bertz CT molecular complexity index is 851. The third kappa shape index (κ3) is 3.26. The molecule has 0 spiro atoms. The first-order valence-corrected chi connectivity index (χ1v) is 9.67. The second kappa shape index (κ2) is 7.09. The molecule has 25 heavy (non-hydrogen) atoms. The molecule has 3 rings (SSSR count). The van der Waals surface area contributed by atoms with E-state index >= 15 is 0 Å². The summed E-state index contributed by atoms with van der Waals surface area (Å²) in [5.41, 5.74) is 0.555. The third-order valence-electron chi connectivity index (χ3n) is 4.43. The van der Waals surface area contributed by atoms with Crippen LogP contribution in [0.4, 0.5) is 20.2 Å². The molecule has 4 nitrogen and oxygen atoms in total. The molecular weight excluding hydrogens is 346 g/mol. The molecule has 0 aromatic heterocycles. The van der Waals surface area contributed by atoms with Gasteiger partial charge in [0.2, 0.25) is 10.0 Å². The van der Waals surface area contributed by atoms with Crippen molar-refractivity contribution < 1.29 is 17.2 Å². The second-order valence-corrected chi connectivity index (χ2v) is 8.14. The van der Waals surface area contributed by atoms with Gasteiger partial charge in [-0.3, -0.25) is 0 Å². The lowest BCUT2D eigenvalue weighted by Gasteiger charge is -2.35. The summed E-state index contributed by atoms with van der Waals surface area (Å²) < 4.78 is 55.8. The van der Waals surface area contributed by atoms with Crippen LogP contribution in [0, 0.1) is 11.6 Å². The zero-order valence-electron chi connectivity index (χ0n) is 13.9. The van der Waals surface area contributed by atoms with E-state index in [9.17, 15) is 17.2 Å². The molecule has 134 valence electrons. The first-order chi connectivity index (χ1) is 12.0. The number of rotatable bonds is 5. The van der Waals surface area contributed by atoms with Crippen LogP contribution in [-0.2, 0) is 16.4 Å². The van der Waals surface area contributed by atoms with Crippen LogP contribution in [0.25, 0.3) is 0 Å². The Labute approximate surface area is 146 Å². The number of fused-ring (bicyclic) bond motifs is 1. The van der Waals surface area contributed by atoms with Gasteiger partial charge in [-0.25, -0.2) is 21.5 Å². The number of benzene rings is 2. The van der Waals surface area contributed by atoms with Crippen molar-refractivity contribution >= 4 is 21.4 Å². The minimum absolute atomic E-state index is 0.316. The van der Waals surface area contributed by atoms with Crippen LogP contribution in [0.3, 0.4) is 0 Å². The maximum atomic E-state index is 14.3. The Kier molecular flexibility index (Phi) is 5.06. The second-order valence-electron chi connectivity index (χ2n) is 6.08. The van der Waals surface area contributed by atoms with Gasteiger partial charge in [-0.05, 0) is 56.6 Å². The number of anilines is 2. The van der Waals surface area contributed by atoms with Crippen LogP contribution >= 0.6 is 0 Å². The zero-order valence-corrected chi connectivity index (χ0v) is 14.7. The number of halogens is 2. The standard InChI is InChI=1S/C18H20F2N2O2S/c1-21-11-5-7-14-12-13-6-2-3-10-17(13)22(25(14,23)24)18-15(19)8-4-9-16(18)20/h2-4,6,8-10,14,21H,5,7,11-12H2,1H3/t14-/m1/s1. The van der Waals surface area contributed by atoms with Crippen molar-refractivity contribution in [3.8, 4) is 0 Å². The molecule has 2 aromatic carbocycles. The zero-order chi connectivity index (χ0) is 18.0. The summed E-state index contributed by atoms with van der Waals surface area (Å²) in [6, 6.07) is 10.2. The summed E-state index contributed by atoms with van der Waals surface area (Å²) >= 11 is 0. The number of para-hydroxylation sites is 2. The highest BCUT2D eigenvalue weighted by molar-refractivity contribution is 7.93. The van der Waals surface area contributed by atoms with Gasteiger partial charge in [-0.1, -0.05) is 24.3 Å². The minimum atomic E-state index is -3.93. The van der Waals surface area contributed by atoms with Crippen molar-refractivity contribution in [2.24, 2.45) is 0 Å². The van der Waals surface area contributed by atoms with Gasteiger partial charge in [-0.2, -0.15) is 0 Å². The van der Waals surface area contributed by atoms with E-state index < -0.39 is 32.6 Å². The van der Waals surface area contributed by atoms with Gasteiger partial charge in [0, 0.05) is 0 Å². The predicted octanol–water partition coefficient (Wildman–Crippen LogP) is 3.36. The van der Waals surface area contributed by atoms with Crippen LogP contribution in [0.2, 0.25) is 0 Å². The lowest BCUT2D eigenvalue weighted by Crippen LogP contribution is -2.42. The molecule has 2 aromatic rings. The molecule has 0 unspecified atom stereocenters. The summed E-state index contributed by atoms with van der Waals surface area (Å²) in [5.74, 6) is -1.79. The average Bonchev–Trinajstić information content (AvgIpc) is 2.57. The van der Waals surface area contributed by atoms with E-state index in [1.54, 1.807) is 31.3 Å². The predicted molar refractivity (Wildman–Crippen MR) is 94.5 cm³/mol. The Morgan fingerprint density at radius 3 is 2.48 bits per heavy atom. The fourth-order valence-corrected chi connectivity index (χ4v) is 5.24. The lowest BCUT2D eigenvalue weighted by molar-refractivity contribution is 0.547. The molecule has 1 aliphatic rings. The molecule has 0 bridgehead atoms. The van der Waals surface area contributed by atoms with E-state index in [4.69, 9.17) is 0 Å². The highest BCUT2D eigenvalue weighted by Gasteiger charge is 2.41. The normalized spacial score (nSPS) is 18.8. The molecule has 0 fully saturated rings. The van der Waals surface area contributed by atoms with Crippen LogP contribution in [0.15, 0.2) is 42.5 Å². The largest absolute Gasteiger partial charge is 0.320 e. The average molecular weight is 366 g/mol. The van der Waals surface area contributed by atoms with E-state index in [0.29, 0.717) is 31.5 Å². The smallest absolute Gasteiger partial charge is 0.242 e. The molecule has 0 saturated heterocycles. The van der Waals surface area contributed by atoms with Gasteiger partial charge in [-0.15, -0.1) is 0 Å². The van der Waals surface area contributed by atoms with Gasteiger partial charge in [0.05, 0.1) is 10.9 Å². The number of nitrogens with zero attached hydrogens (tertiary/aromatic N) is 1. The van der Waals surface area contributed by atoms with Gasteiger partial charge >= 0.3 is 0 Å². The first-order valence-electron chi connectivity index (χ1n) is 8.17. The number of sulfonamides is 1. The Morgan fingerprint density at radius 2 is 1.80 bits per heavy atom. The van der Waals surface area contributed by atoms with Crippen LogP contribution in [0.5, 0.6) is 0 Å². The van der Waals surface area contributed by atoms with Crippen molar-refractivity contribution in [3.63, 3.8) is 0 Å². The van der Waals surface area contributed by atoms with Crippen molar-refractivity contribution in [2.45, 2.75) is 24.5 Å². The van der Waals surface area contributed by atoms with Gasteiger partial charge in [0.1, 0.15) is 5.69 Å². The van der Waals surface area contributed by atoms with E-state index in [-0.39, 0.29) is 0 Å². The Hall–Kier alpha value is -1.99. The Balaban J connectivity index is 2.14. The maximum Gasteiger partial charge on any atom is 0.242 e. The SMILES string of the molecule is CNCCC[C@@H]1Cc2ccccc2N(c2c(F)cccc2F)S1(=O)=O.